The number of anilines is 1. The van der Waals surface area contributed by atoms with Crippen LogP contribution < -0.4 is 5.32 Å². The highest BCUT2D eigenvalue weighted by atomic mass is 35.5. The van der Waals surface area contributed by atoms with Gasteiger partial charge in [0.1, 0.15) is 5.76 Å². The third kappa shape index (κ3) is 2.84. The van der Waals surface area contributed by atoms with E-state index in [9.17, 15) is 4.79 Å². The molecule has 2 rings (SSSR count). The number of nitrogens with one attached hydrogen (secondary N) is 1. The molecule has 5 heteroatoms. The number of hydrogen-bond acceptors (Lipinski definition) is 3. The summed E-state index contributed by atoms with van der Waals surface area (Å²) in [6.07, 6.45) is 0. The Morgan fingerprint density at radius 3 is 2.72 bits per heavy atom. The molecule has 0 unspecified atom stereocenters. The van der Waals surface area contributed by atoms with Crippen LogP contribution in [-0.4, -0.2) is 11.1 Å². The Labute approximate surface area is 109 Å². The van der Waals surface area contributed by atoms with Crippen molar-refractivity contribution < 1.29 is 14.3 Å². The van der Waals surface area contributed by atoms with Gasteiger partial charge in [0.25, 0.3) is 0 Å². The van der Waals surface area contributed by atoms with Gasteiger partial charge in [-0.15, -0.1) is 0 Å². The van der Waals surface area contributed by atoms with Crippen molar-refractivity contribution in [1.82, 2.24) is 0 Å². The van der Waals surface area contributed by atoms with E-state index in [2.05, 4.69) is 5.32 Å². The molecule has 94 valence electrons. The largest absolute Gasteiger partial charge is 0.478 e. The van der Waals surface area contributed by atoms with Crippen LogP contribution in [-0.2, 0) is 6.54 Å². The Kier molecular flexibility index (Phi) is 3.58. The molecule has 2 N–H and O–H groups in total. The van der Waals surface area contributed by atoms with Gasteiger partial charge in [-0.25, -0.2) is 4.79 Å². The van der Waals surface area contributed by atoms with Crippen molar-refractivity contribution in [1.29, 1.82) is 0 Å². The molecule has 0 fully saturated rings. The van der Waals surface area contributed by atoms with E-state index in [1.165, 1.54) is 0 Å². The number of aryl methyl sites for hydroxylation is 1. The van der Waals surface area contributed by atoms with Crippen molar-refractivity contribution in [2.24, 2.45) is 0 Å². The number of rotatable bonds is 4. The van der Waals surface area contributed by atoms with Gasteiger partial charge in [-0.3, -0.25) is 0 Å². The number of carboxylic acids is 1. The minimum absolute atomic E-state index is 0.277. The Bertz CT molecular complexity index is 577. The predicted octanol–water partition coefficient (Wildman–Crippen LogP) is 3.55. The van der Waals surface area contributed by atoms with Crippen LogP contribution in [0.1, 0.15) is 21.7 Å². The number of carboxylic acid groups (broad SMARTS) is 1. The summed E-state index contributed by atoms with van der Waals surface area (Å²) in [6.45, 7) is 2.35. The van der Waals surface area contributed by atoms with Gasteiger partial charge < -0.3 is 14.8 Å². The predicted molar refractivity (Wildman–Crippen MR) is 69.2 cm³/mol. The normalized spacial score (nSPS) is 10.3. The third-order valence-corrected chi connectivity index (χ3v) is 2.76. The topological polar surface area (TPSA) is 62.5 Å². The number of halogens is 1. The summed E-state index contributed by atoms with van der Waals surface area (Å²) in [6, 6.07) is 8.39. The van der Waals surface area contributed by atoms with E-state index in [1.54, 1.807) is 30.3 Å². The van der Waals surface area contributed by atoms with Gasteiger partial charge in [-0.2, -0.15) is 0 Å². The van der Waals surface area contributed by atoms with Crippen LogP contribution in [0.15, 0.2) is 34.7 Å². The fourth-order valence-electron chi connectivity index (χ4n) is 1.62. The second kappa shape index (κ2) is 5.14. The zero-order chi connectivity index (χ0) is 13.1. The fourth-order valence-corrected chi connectivity index (χ4v) is 1.79. The van der Waals surface area contributed by atoms with E-state index in [0.717, 1.165) is 17.0 Å². The fraction of sp³-hybridized carbons (Fsp3) is 0.154. The Morgan fingerprint density at radius 2 is 2.17 bits per heavy atom. The molecule has 0 amide bonds. The maximum Gasteiger partial charge on any atom is 0.335 e. The van der Waals surface area contributed by atoms with Gasteiger partial charge in [0.2, 0.25) is 0 Å². The van der Waals surface area contributed by atoms with Crippen LogP contribution in [0.4, 0.5) is 5.69 Å². The minimum Gasteiger partial charge on any atom is -0.478 e. The van der Waals surface area contributed by atoms with Gasteiger partial charge >= 0.3 is 5.97 Å². The smallest absolute Gasteiger partial charge is 0.335 e. The molecule has 0 spiro atoms. The lowest BCUT2D eigenvalue weighted by atomic mass is 10.1. The average Bonchev–Trinajstić information content (AvgIpc) is 2.73. The molecule has 0 radical (unpaired) electrons. The number of carbonyl (C=O) groups is 1. The van der Waals surface area contributed by atoms with Crippen molar-refractivity contribution in [3.63, 3.8) is 0 Å². The van der Waals surface area contributed by atoms with Crippen LogP contribution in [0.25, 0.3) is 0 Å². The van der Waals surface area contributed by atoms with Crippen molar-refractivity contribution >= 4 is 23.3 Å². The Balaban J connectivity index is 2.08. The summed E-state index contributed by atoms with van der Waals surface area (Å²) >= 11 is 5.67. The summed E-state index contributed by atoms with van der Waals surface area (Å²) in [4.78, 5) is 10.8. The molecular weight excluding hydrogens is 254 g/mol. The first kappa shape index (κ1) is 12.5. The van der Waals surface area contributed by atoms with Crippen molar-refractivity contribution in [2.45, 2.75) is 13.5 Å². The maximum atomic E-state index is 10.8. The highest BCUT2D eigenvalue weighted by Gasteiger charge is 2.06. The van der Waals surface area contributed by atoms with E-state index in [1.807, 2.05) is 6.92 Å². The molecule has 0 saturated carbocycles. The van der Waals surface area contributed by atoms with E-state index < -0.39 is 5.97 Å². The summed E-state index contributed by atoms with van der Waals surface area (Å²) < 4.78 is 5.22. The lowest BCUT2D eigenvalue weighted by molar-refractivity contribution is 0.0697. The molecule has 0 aliphatic carbocycles. The van der Waals surface area contributed by atoms with Crippen LogP contribution in [0.2, 0.25) is 5.22 Å². The van der Waals surface area contributed by atoms with E-state index >= 15 is 0 Å². The lowest BCUT2D eigenvalue weighted by Gasteiger charge is -2.08. The molecule has 0 atom stereocenters. The highest BCUT2D eigenvalue weighted by molar-refractivity contribution is 6.28. The first-order valence-electron chi connectivity index (χ1n) is 5.38. The molecule has 1 aromatic carbocycles. The van der Waals surface area contributed by atoms with Gasteiger partial charge in [0, 0.05) is 5.69 Å². The van der Waals surface area contributed by atoms with Crippen molar-refractivity contribution in [2.75, 3.05) is 5.32 Å². The minimum atomic E-state index is -0.928. The van der Waals surface area contributed by atoms with E-state index in [4.69, 9.17) is 21.1 Å². The molecule has 0 saturated heterocycles. The monoisotopic (exact) mass is 265 g/mol. The molecular formula is C13H12ClNO3. The molecule has 1 aromatic heterocycles. The second-order valence-electron chi connectivity index (χ2n) is 3.89. The zero-order valence-corrected chi connectivity index (χ0v) is 10.5. The first-order valence-corrected chi connectivity index (χ1v) is 5.76. The number of aromatic carboxylic acids is 1. The first-order chi connectivity index (χ1) is 8.56. The maximum absolute atomic E-state index is 10.8. The van der Waals surface area contributed by atoms with Crippen LogP contribution in [0, 0.1) is 6.92 Å². The molecule has 0 aliphatic heterocycles. The SMILES string of the molecule is Cc1cc(C(=O)O)ccc1NCc1ccc(Cl)o1. The van der Waals surface area contributed by atoms with Gasteiger partial charge in [-0.05, 0) is 54.4 Å². The van der Waals surface area contributed by atoms with Crippen molar-refractivity contribution in [3.8, 4) is 0 Å². The van der Waals surface area contributed by atoms with Crippen LogP contribution in [0.3, 0.4) is 0 Å². The molecule has 18 heavy (non-hydrogen) atoms. The third-order valence-electron chi connectivity index (χ3n) is 2.56. The van der Waals surface area contributed by atoms with Crippen LogP contribution in [0.5, 0.6) is 0 Å². The highest BCUT2D eigenvalue weighted by Crippen LogP contribution is 2.19. The number of furan rings is 1. The summed E-state index contributed by atoms with van der Waals surface area (Å²) in [5, 5.41) is 12.4. The van der Waals surface area contributed by atoms with E-state index in [0.29, 0.717) is 11.8 Å². The number of benzene rings is 1. The number of hydrogen-bond donors (Lipinski definition) is 2. The quantitative estimate of drug-likeness (QED) is 0.887. The molecule has 2 aromatic rings. The Morgan fingerprint density at radius 1 is 1.39 bits per heavy atom. The standard InChI is InChI=1S/C13H12ClNO3/c1-8-6-9(13(16)17)2-4-11(8)15-7-10-3-5-12(14)18-10/h2-6,15H,7H2,1H3,(H,16,17). The van der Waals surface area contributed by atoms with E-state index in [-0.39, 0.29) is 5.56 Å². The van der Waals surface area contributed by atoms with Crippen molar-refractivity contribution in [3.05, 3.63) is 52.4 Å². The van der Waals surface area contributed by atoms with Gasteiger partial charge in [0.15, 0.2) is 5.22 Å². The molecule has 1 heterocycles. The summed E-state index contributed by atoms with van der Waals surface area (Å²) in [5.74, 6) is -0.204. The molecule has 4 nitrogen and oxygen atoms in total. The molecule has 0 aliphatic rings. The van der Waals surface area contributed by atoms with Crippen LogP contribution >= 0.6 is 11.6 Å². The average molecular weight is 266 g/mol. The summed E-state index contributed by atoms with van der Waals surface area (Å²) in [5.41, 5.74) is 2.01. The van der Waals surface area contributed by atoms with Gasteiger partial charge in [-0.1, -0.05) is 0 Å². The Hall–Kier alpha value is -1.94. The lowest BCUT2D eigenvalue weighted by Crippen LogP contribution is -2.02. The second-order valence-corrected chi connectivity index (χ2v) is 4.27. The summed E-state index contributed by atoms with van der Waals surface area (Å²) in [7, 11) is 0. The van der Waals surface area contributed by atoms with Gasteiger partial charge in [0.05, 0.1) is 12.1 Å². The zero-order valence-electron chi connectivity index (χ0n) is 9.74. The molecule has 0 bridgehead atoms.